The van der Waals surface area contributed by atoms with Crippen LogP contribution in [0.15, 0.2) is 24.3 Å². The van der Waals surface area contributed by atoms with E-state index in [2.05, 4.69) is 11.8 Å². The van der Waals surface area contributed by atoms with Gasteiger partial charge in [0, 0.05) is 0 Å². The topological polar surface area (TPSA) is 26.3 Å². The smallest absolute Gasteiger partial charge is 0.338 e. The normalized spacial score (nSPS) is 9.27. The highest BCUT2D eigenvalue weighted by atomic mass is 16.5. The van der Waals surface area contributed by atoms with Crippen molar-refractivity contribution in [3.8, 4) is 0 Å². The summed E-state index contributed by atoms with van der Waals surface area (Å²) in [5.41, 5.74) is 1.58. The molecule has 57 valence electrons. The summed E-state index contributed by atoms with van der Waals surface area (Å²) in [5, 5.41) is 0. The van der Waals surface area contributed by atoms with Gasteiger partial charge in [-0.3, -0.25) is 0 Å². The number of ether oxygens (including phenoxy) is 1. The Hall–Kier alpha value is -1.31. The zero-order valence-electron chi connectivity index (χ0n) is 6.33. The molecule has 1 rings (SSSR count). The summed E-state index contributed by atoms with van der Waals surface area (Å²) in [4.78, 5) is 10.9. The quantitative estimate of drug-likeness (QED) is 0.570. The molecule has 0 aromatic heterocycles. The number of carbonyl (C=O) groups excluding carboxylic acids is 1. The second-order valence-corrected chi connectivity index (χ2v) is 2.30. The summed E-state index contributed by atoms with van der Waals surface area (Å²) in [7, 11) is 3.04. The van der Waals surface area contributed by atoms with Gasteiger partial charge in [0.05, 0.1) is 5.56 Å². The Kier molecular flexibility index (Phi) is 2.26. The highest BCUT2D eigenvalue weighted by Gasteiger charge is 2.02. The van der Waals surface area contributed by atoms with E-state index in [1.54, 1.807) is 12.1 Å². The van der Waals surface area contributed by atoms with Crippen LogP contribution < -0.4 is 0 Å². The molecule has 0 atom stereocenters. The third kappa shape index (κ3) is 1.80. The lowest BCUT2D eigenvalue weighted by atomic mass is 10.1. The first-order valence-corrected chi connectivity index (χ1v) is 3.27. The van der Waals surface area contributed by atoms with E-state index in [0.29, 0.717) is 5.56 Å². The van der Waals surface area contributed by atoms with Crippen LogP contribution >= 0.6 is 0 Å². The van der Waals surface area contributed by atoms with Crippen molar-refractivity contribution in [2.24, 2.45) is 0 Å². The second-order valence-electron chi connectivity index (χ2n) is 2.30. The van der Waals surface area contributed by atoms with E-state index in [9.17, 15) is 4.79 Å². The van der Waals surface area contributed by atoms with Crippen molar-refractivity contribution in [3.63, 3.8) is 0 Å². The van der Waals surface area contributed by atoms with Crippen molar-refractivity contribution >= 4 is 5.97 Å². The molecular weight excluding hydrogens is 140 g/mol. The fourth-order valence-electron chi connectivity index (χ4n) is 0.855. The van der Waals surface area contributed by atoms with Crippen LogP contribution in [0.25, 0.3) is 0 Å². The van der Waals surface area contributed by atoms with Crippen molar-refractivity contribution in [1.82, 2.24) is 0 Å². The average molecular weight is 149 g/mol. The van der Waals surface area contributed by atoms with Crippen molar-refractivity contribution in [2.45, 2.75) is 6.92 Å². The number of carbonyl (C=O) groups is 1. The van der Waals surface area contributed by atoms with Crippen molar-refractivity contribution in [2.75, 3.05) is 0 Å². The van der Waals surface area contributed by atoms with Gasteiger partial charge in [0.25, 0.3) is 0 Å². The standard InChI is InChI=1S/C9H9O2/c1-7-4-3-5-8(6-7)9(10)11-2/h3-6H,2H2,1H3. The molecule has 2 heteroatoms. The van der Waals surface area contributed by atoms with Crippen LogP contribution in [0.2, 0.25) is 0 Å². The maximum absolute atomic E-state index is 10.9. The first-order valence-electron chi connectivity index (χ1n) is 3.27. The minimum absolute atomic E-state index is 0.395. The van der Waals surface area contributed by atoms with Gasteiger partial charge in [-0.1, -0.05) is 17.7 Å². The molecule has 0 heterocycles. The summed E-state index contributed by atoms with van der Waals surface area (Å²) in [6.45, 7) is 1.92. The molecule has 1 aromatic rings. The molecule has 0 bridgehead atoms. The lowest BCUT2D eigenvalue weighted by Crippen LogP contribution is -1.99. The van der Waals surface area contributed by atoms with Gasteiger partial charge < -0.3 is 4.74 Å². The van der Waals surface area contributed by atoms with Crippen LogP contribution in [0, 0.1) is 14.0 Å². The minimum Gasteiger partial charge on any atom is -0.458 e. The largest absolute Gasteiger partial charge is 0.458 e. The lowest BCUT2D eigenvalue weighted by Gasteiger charge is -1.98. The third-order valence-electron chi connectivity index (χ3n) is 1.38. The molecule has 11 heavy (non-hydrogen) atoms. The summed E-state index contributed by atoms with van der Waals surface area (Å²) in [5.74, 6) is -0.395. The van der Waals surface area contributed by atoms with Crippen LogP contribution in [0.5, 0.6) is 0 Å². The molecule has 0 saturated carbocycles. The number of rotatable bonds is 1. The number of aryl methyl sites for hydroxylation is 1. The molecule has 0 fully saturated rings. The van der Waals surface area contributed by atoms with Crippen LogP contribution in [0.1, 0.15) is 15.9 Å². The number of esters is 1. The van der Waals surface area contributed by atoms with E-state index in [1.807, 2.05) is 19.1 Å². The number of hydrogen-bond acceptors (Lipinski definition) is 2. The molecule has 0 aliphatic carbocycles. The van der Waals surface area contributed by atoms with E-state index in [1.165, 1.54) is 0 Å². The molecule has 1 aromatic carbocycles. The highest BCUT2D eigenvalue weighted by Crippen LogP contribution is 2.04. The Labute approximate surface area is 65.8 Å². The minimum atomic E-state index is -0.395. The first kappa shape index (κ1) is 7.79. The molecule has 0 amide bonds. The highest BCUT2D eigenvalue weighted by molar-refractivity contribution is 5.89. The zero-order valence-corrected chi connectivity index (χ0v) is 6.33. The summed E-state index contributed by atoms with van der Waals surface area (Å²) in [6.07, 6.45) is 0. The Morgan fingerprint density at radius 1 is 1.55 bits per heavy atom. The average Bonchev–Trinajstić information content (AvgIpc) is 2.03. The van der Waals surface area contributed by atoms with Gasteiger partial charge in [0.1, 0.15) is 7.11 Å². The number of benzene rings is 1. The second kappa shape index (κ2) is 3.19. The Morgan fingerprint density at radius 3 is 2.82 bits per heavy atom. The van der Waals surface area contributed by atoms with Gasteiger partial charge in [-0.05, 0) is 19.1 Å². The van der Waals surface area contributed by atoms with E-state index in [-0.39, 0.29) is 0 Å². The van der Waals surface area contributed by atoms with Crippen LogP contribution in [-0.2, 0) is 4.74 Å². The number of hydrogen-bond donors (Lipinski definition) is 0. The molecule has 0 N–H and O–H groups in total. The molecule has 2 nitrogen and oxygen atoms in total. The van der Waals surface area contributed by atoms with Crippen LogP contribution in [0.4, 0.5) is 0 Å². The van der Waals surface area contributed by atoms with E-state index < -0.39 is 5.97 Å². The van der Waals surface area contributed by atoms with Gasteiger partial charge in [-0.25, -0.2) is 4.79 Å². The maximum atomic E-state index is 10.9. The van der Waals surface area contributed by atoms with Crippen LogP contribution in [0.3, 0.4) is 0 Å². The van der Waals surface area contributed by atoms with Gasteiger partial charge in [-0.15, -0.1) is 0 Å². The van der Waals surface area contributed by atoms with Crippen molar-refractivity contribution in [3.05, 3.63) is 42.5 Å². The lowest BCUT2D eigenvalue weighted by molar-refractivity contribution is 0.0654. The predicted octanol–water partition coefficient (Wildman–Crippen LogP) is 1.94. The Morgan fingerprint density at radius 2 is 2.27 bits per heavy atom. The van der Waals surface area contributed by atoms with E-state index in [4.69, 9.17) is 0 Å². The summed E-state index contributed by atoms with van der Waals surface area (Å²) < 4.78 is 4.30. The molecule has 0 aliphatic heterocycles. The summed E-state index contributed by atoms with van der Waals surface area (Å²) in [6, 6.07) is 7.18. The molecule has 0 spiro atoms. The predicted molar refractivity (Wildman–Crippen MR) is 42.0 cm³/mol. The van der Waals surface area contributed by atoms with E-state index >= 15 is 0 Å². The van der Waals surface area contributed by atoms with E-state index in [0.717, 1.165) is 5.56 Å². The maximum Gasteiger partial charge on any atom is 0.338 e. The molecule has 0 aliphatic rings. The van der Waals surface area contributed by atoms with Gasteiger partial charge in [0.15, 0.2) is 0 Å². The zero-order chi connectivity index (χ0) is 8.27. The third-order valence-corrected chi connectivity index (χ3v) is 1.38. The van der Waals surface area contributed by atoms with Crippen LogP contribution in [-0.4, -0.2) is 5.97 Å². The molecule has 0 unspecified atom stereocenters. The Balaban J connectivity index is 2.96. The monoisotopic (exact) mass is 149 g/mol. The molecule has 1 radical (unpaired) electrons. The van der Waals surface area contributed by atoms with Gasteiger partial charge in [0.2, 0.25) is 0 Å². The fraction of sp³-hybridized carbons (Fsp3) is 0.111. The fourth-order valence-corrected chi connectivity index (χ4v) is 0.855. The van der Waals surface area contributed by atoms with Crippen molar-refractivity contribution in [1.29, 1.82) is 0 Å². The molecule has 0 saturated heterocycles. The summed E-state index contributed by atoms with van der Waals surface area (Å²) >= 11 is 0. The van der Waals surface area contributed by atoms with Gasteiger partial charge in [-0.2, -0.15) is 0 Å². The Bertz CT molecular complexity index is 266. The molecular formula is C9H9O2. The SMILES string of the molecule is [CH2]OC(=O)c1cccc(C)c1. The van der Waals surface area contributed by atoms with Crippen molar-refractivity contribution < 1.29 is 9.53 Å². The van der Waals surface area contributed by atoms with Gasteiger partial charge >= 0.3 is 5.97 Å². The first-order chi connectivity index (χ1) is 5.24.